The van der Waals surface area contributed by atoms with Gasteiger partial charge in [-0.15, -0.1) is 0 Å². The summed E-state index contributed by atoms with van der Waals surface area (Å²) < 4.78 is 26.2. The van der Waals surface area contributed by atoms with Gasteiger partial charge in [-0.25, -0.2) is 8.78 Å². The van der Waals surface area contributed by atoms with Crippen LogP contribution < -0.4 is 5.73 Å². The summed E-state index contributed by atoms with van der Waals surface area (Å²) in [5.74, 6) is 0.289. The maximum absolute atomic E-state index is 13.2. The fourth-order valence-corrected chi connectivity index (χ4v) is 3.16. The van der Waals surface area contributed by atoms with Crippen LogP contribution in [0.25, 0.3) is 0 Å². The van der Waals surface area contributed by atoms with Crippen molar-refractivity contribution in [2.45, 2.75) is 45.6 Å². The van der Waals surface area contributed by atoms with E-state index in [-0.39, 0.29) is 6.04 Å². The fraction of sp³-hybridized carbons (Fsp3) is 0.625. The highest BCUT2D eigenvalue weighted by Crippen LogP contribution is 2.38. The molecular weight excluding hydrogens is 244 g/mol. The summed E-state index contributed by atoms with van der Waals surface area (Å²) in [6.45, 7) is 4.53. The standard InChI is InChI=1S/C16H23F2N/c1-10(2)11-3-5-12(6-4-11)16(19)13-7-8-14(17)15(18)9-13/h7-12,16H,3-6,19H2,1-2H3. The molecule has 1 atom stereocenters. The third-order valence-electron chi connectivity index (χ3n) is 4.60. The van der Waals surface area contributed by atoms with Crippen LogP contribution in [-0.2, 0) is 0 Å². The predicted molar refractivity (Wildman–Crippen MR) is 73.6 cm³/mol. The molecule has 0 heterocycles. The average molecular weight is 267 g/mol. The number of rotatable bonds is 3. The van der Waals surface area contributed by atoms with Crippen molar-refractivity contribution in [1.29, 1.82) is 0 Å². The van der Waals surface area contributed by atoms with Crippen LogP contribution in [0.1, 0.15) is 51.1 Å². The molecular formula is C16H23F2N. The van der Waals surface area contributed by atoms with E-state index in [0.29, 0.717) is 11.5 Å². The number of halogens is 2. The predicted octanol–water partition coefficient (Wildman–Crippen LogP) is 4.43. The second-order valence-electron chi connectivity index (χ2n) is 6.12. The van der Waals surface area contributed by atoms with Crippen LogP contribution in [-0.4, -0.2) is 0 Å². The zero-order valence-electron chi connectivity index (χ0n) is 11.7. The third-order valence-corrected chi connectivity index (χ3v) is 4.60. The molecule has 2 rings (SSSR count). The molecule has 1 aliphatic carbocycles. The summed E-state index contributed by atoms with van der Waals surface area (Å²) in [6.07, 6.45) is 4.56. The fourth-order valence-electron chi connectivity index (χ4n) is 3.16. The Morgan fingerprint density at radius 2 is 1.58 bits per heavy atom. The molecule has 1 aromatic carbocycles. The van der Waals surface area contributed by atoms with Gasteiger partial charge in [-0.3, -0.25) is 0 Å². The molecule has 0 aliphatic heterocycles. The average Bonchev–Trinajstić information content (AvgIpc) is 2.41. The highest BCUT2D eigenvalue weighted by atomic mass is 19.2. The monoisotopic (exact) mass is 267 g/mol. The number of benzene rings is 1. The van der Waals surface area contributed by atoms with Crippen LogP contribution >= 0.6 is 0 Å². The van der Waals surface area contributed by atoms with Gasteiger partial charge >= 0.3 is 0 Å². The quantitative estimate of drug-likeness (QED) is 0.861. The Morgan fingerprint density at radius 1 is 1.00 bits per heavy atom. The minimum Gasteiger partial charge on any atom is -0.324 e. The lowest BCUT2D eigenvalue weighted by Crippen LogP contribution is -2.27. The van der Waals surface area contributed by atoms with E-state index in [4.69, 9.17) is 5.73 Å². The van der Waals surface area contributed by atoms with Crippen LogP contribution in [0.3, 0.4) is 0 Å². The van der Waals surface area contributed by atoms with Crippen molar-refractivity contribution in [3.8, 4) is 0 Å². The maximum atomic E-state index is 13.2. The zero-order valence-corrected chi connectivity index (χ0v) is 11.7. The topological polar surface area (TPSA) is 26.0 Å². The molecule has 19 heavy (non-hydrogen) atoms. The Balaban J connectivity index is 2.01. The van der Waals surface area contributed by atoms with E-state index in [0.717, 1.165) is 24.7 Å². The molecule has 0 radical (unpaired) electrons. The molecule has 2 N–H and O–H groups in total. The van der Waals surface area contributed by atoms with Crippen LogP contribution in [0.15, 0.2) is 18.2 Å². The summed E-state index contributed by atoms with van der Waals surface area (Å²) in [6, 6.07) is 3.85. The Bertz CT molecular complexity index is 423. The maximum Gasteiger partial charge on any atom is 0.159 e. The molecule has 1 aliphatic rings. The Hall–Kier alpha value is -0.960. The van der Waals surface area contributed by atoms with Crippen molar-refractivity contribution in [2.75, 3.05) is 0 Å². The molecule has 1 aromatic rings. The molecule has 3 heteroatoms. The second-order valence-corrected chi connectivity index (χ2v) is 6.12. The minimum atomic E-state index is -0.806. The first-order valence-electron chi connectivity index (χ1n) is 7.19. The van der Waals surface area contributed by atoms with Crippen molar-refractivity contribution in [2.24, 2.45) is 23.5 Å². The highest BCUT2D eigenvalue weighted by Gasteiger charge is 2.28. The second kappa shape index (κ2) is 6.00. The SMILES string of the molecule is CC(C)C1CCC(C(N)c2ccc(F)c(F)c2)CC1. The summed E-state index contributed by atoms with van der Waals surface area (Å²) in [4.78, 5) is 0. The van der Waals surface area contributed by atoms with Crippen LogP contribution in [0.4, 0.5) is 8.78 Å². The van der Waals surface area contributed by atoms with Gasteiger partial charge in [-0.2, -0.15) is 0 Å². The largest absolute Gasteiger partial charge is 0.324 e. The van der Waals surface area contributed by atoms with E-state index in [1.807, 2.05) is 0 Å². The number of nitrogens with two attached hydrogens (primary N) is 1. The van der Waals surface area contributed by atoms with Gasteiger partial charge in [-0.05, 0) is 61.1 Å². The molecule has 106 valence electrons. The Morgan fingerprint density at radius 3 is 2.11 bits per heavy atom. The zero-order chi connectivity index (χ0) is 14.0. The summed E-state index contributed by atoms with van der Waals surface area (Å²) >= 11 is 0. The molecule has 0 saturated heterocycles. The first kappa shape index (κ1) is 14.4. The van der Waals surface area contributed by atoms with E-state index in [1.165, 1.54) is 25.0 Å². The van der Waals surface area contributed by atoms with E-state index in [2.05, 4.69) is 13.8 Å². The molecule has 0 amide bonds. The molecule has 1 fully saturated rings. The van der Waals surface area contributed by atoms with Gasteiger partial charge in [0, 0.05) is 6.04 Å². The third kappa shape index (κ3) is 3.33. The van der Waals surface area contributed by atoms with Crippen molar-refractivity contribution in [3.05, 3.63) is 35.4 Å². The highest BCUT2D eigenvalue weighted by molar-refractivity contribution is 5.21. The van der Waals surface area contributed by atoms with Crippen molar-refractivity contribution in [1.82, 2.24) is 0 Å². The van der Waals surface area contributed by atoms with Gasteiger partial charge in [0.1, 0.15) is 0 Å². The van der Waals surface area contributed by atoms with E-state index in [9.17, 15) is 8.78 Å². The first-order chi connectivity index (χ1) is 8.99. The van der Waals surface area contributed by atoms with Gasteiger partial charge in [-0.1, -0.05) is 19.9 Å². The van der Waals surface area contributed by atoms with Crippen LogP contribution in [0, 0.1) is 29.4 Å². The van der Waals surface area contributed by atoms with E-state index < -0.39 is 11.6 Å². The Labute approximate surface area is 114 Å². The molecule has 1 nitrogen and oxygen atoms in total. The van der Waals surface area contributed by atoms with Gasteiger partial charge in [0.05, 0.1) is 0 Å². The van der Waals surface area contributed by atoms with Gasteiger partial charge in [0.2, 0.25) is 0 Å². The van der Waals surface area contributed by atoms with Crippen LogP contribution in [0.5, 0.6) is 0 Å². The molecule has 0 spiro atoms. The molecule has 0 bridgehead atoms. The summed E-state index contributed by atoms with van der Waals surface area (Å²) in [5, 5.41) is 0. The lowest BCUT2D eigenvalue weighted by Gasteiger charge is -2.34. The van der Waals surface area contributed by atoms with Crippen molar-refractivity contribution >= 4 is 0 Å². The van der Waals surface area contributed by atoms with Crippen molar-refractivity contribution < 1.29 is 8.78 Å². The smallest absolute Gasteiger partial charge is 0.159 e. The number of hydrogen-bond donors (Lipinski definition) is 1. The van der Waals surface area contributed by atoms with Gasteiger partial charge in [0.15, 0.2) is 11.6 Å². The minimum absolute atomic E-state index is 0.178. The molecule has 0 aromatic heterocycles. The normalized spacial score (nSPS) is 25.6. The van der Waals surface area contributed by atoms with Gasteiger partial charge in [0.25, 0.3) is 0 Å². The Kier molecular flexibility index (Phi) is 4.56. The lowest BCUT2D eigenvalue weighted by atomic mass is 9.73. The van der Waals surface area contributed by atoms with E-state index in [1.54, 1.807) is 6.07 Å². The first-order valence-corrected chi connectivity index (χ1v) is 7.19. The molecule has 1 saturated carbocycles. The molecule has 1 unspecified atom stereocenters. The van der Waals surface area contributed by atoms with Crippen LogP contribution in [0.2, 0.25) is 0 Å². The van der Waals surface area contributed by atoms with E-state index >= 15 is 0 Å². The lowest BCUT2D eigenvalue weighted by molar-refractivity contribution is 0.203. The van der Waals surface area contributed by atoms with Crippen molar-refractivity contribution in [3.63, 3.8) is 0 Å². The van der Waals surface area contributed by atoms with Gasteiger partial charge < -0.3 is 5.73 Å². The summed E-state index contributed by atoms with van der Waals surface area (Å²) in [7, 11) is 0. The number of hydrogen-bond acceptors (Lipinski definition) is 1. The summed E-state index contributed by atoms with van der Waals surface area (Å²) in [5.41, 5.74) is 6.94.